The number of benzene rings is 1. The third kappa shape index (κ3) is 2.05. The van der Waals surface area contributed by atoms with Crippen molar-refractivity contribution < 1.29 is 9.47 Å². The summed E-state index contributed by atoms with van der Waals surface area (Å²) in [5.74, 6) is 0. The molecule has 0 aliphatic carbocycles. The minimum absolute atomic E-state index is 0.244. The van der Waals surface area contributed by atoms with Crippen molar-refractivity contribution in [3.63, 3.8) is 0 Å². The van der Waals surface area contributed by atoms with E-state index in [4.69, 9.17) is 21.1 Å². The molecule has 0 bridgehead atoms. The molecule has 0 aromatic heterocycles. The summed E-state index contributed by atoms with van der Waals surface area (Å²) in [5.41, 5.74) is 0.988. The molecule has 4 heteroatoms. The van der Waals surface area contributed by atoms with E-state index in [1.807, 2.05) is 18.2 Å². The van der Waals surface area contributed by atoms with Crippen LogP contribution in [0.5, 0.6) is 0 Å². The number of hydrogen-bond donors (Lipinski definition) is 0. The van der Waals surface area contributed by atoms with Crippen molar-refractivity contribution in [3.8, 4) is 0 Å². The van der Waals surface area contributed by atoms with Gasteiger partial charge in [0.1, 0.15) is 0 Å². The van der Waals surface area contributed by atoms with Crippen molar-refractivity contribution in [1.29, 1.82) is 0 Å². The van der Waals surface area contributed by atoms with Crippen LogP contribution in [0.2, 0.25) is 5.02 Å². The predicted molar refractivity (Wildman–Crippen MR) is 53.8 cm³/mol. The normalized spacial score (nSPS) is 18.0. The van der Waals surface area contributed by atoms with Crippen LogP contribution in [0.15, 0.2) is 22.7 Å². The summed E-state index contributed by atoms with van der Waals surface area (Å²) < 4.78 is 11.7. The third-order valence-electron chi connectivity index (χ3n) is 1.84. The molecule has 1 aromatic carbocycles. The molecule has 0 N–H and O–H groups in total. The summed E-state index contributed by atoms with van der Waals surface area (Å²) in [6, 6.07) is 5.57. The van der Waals surface area contributed by atoms with E-state index in [0.29, 0.717) is 18.2 Å². The molecule has 1 aliphatic heterocycles. The van der Waals surface area contributed by atoms with E-state index in [1.54, 1.807) is 0 Å². The van der Waals surface area contributed by atoms with Gasteiger partial charge >= 0.3 is 0 Å². The SMILES string of the molecule is Clc1ccc(C2OCCO2)c(Br)c1. The van der Waals surface area contributed by atoms with Crippen molar-refractivity contribution >= 4 is 27.5 Å². The highest BCUT2D eigenvalue weighted by atomic mass is 79.9. The van der Waals surface area contributed by atoms with Crippen LogP contribution in [-0.4, -0.2) is 13.2 Å². The lowest BCUT2D eigenvalue weighted by atomic mass is 10.2. The predicted octanol–water partition coefficient (Wildman–Crippen LogP) is 3.15. The fraction of sp³-hybridized carbons (Fsp3) is 0.333. The van der Waals surface area contributed by atoms with Gasteiger partial charge in [-0.15, -0.1) is 0 Å². The Balaban J connectivity index is 2.29. The lowest BCUT2D eigenvalue weighted by Gasteiger charge is -2.11. The lowest BCUT2D eigenvalue weighted by molar-refractivity contribution is -0.0446. The smallest absolute Gasteiger partial charge is 0.185 e. The van der Waals surface area contributed by atoms with Gasteiger partial charge < -0.3 is 9.47 Å². The lowest BCUT2D eigenvalue weighted by Crippen LogP contribution is -1.98. The third-order valence-corrected chi connectivity index (χ3v) is 2.76. The van der Waals surface area contributed by atoms with Gasteiger partial charge in [0.15, 0.2) is 6.29 Å². The van der Waals surface area contributed by atoms with E-state index in [9.17, 15) is 0 Å². The second kappa shape index (κ2) is 3.96. The Kier molecular flexibility index (Phi) is 2.89. The average molecular weight is 264 g/mol. The fourth-order valence-corrected chi connectivity index (χ4v) is 2.10. The van der Waals surface area contributed by atoms with Gasteiger partial charge in [0.05, 0.1) is 13.2 Å². The minimum Gasteiger partial charge on any atom is -0.346 e. The first kappa shape index (κ1) is 9.46. The van der Waals surface area contributed by atoms with Crippen LogP contribution >= 0.6 is 27.5 Å². The Morgan fingerprint density at radius 1 is 1.31 bits per heavy atom. The maximum absolute atomic E-state index is 5.81. The first-order chi connectivity index (χ1) is 6.27. The van der Waals surface area contributed by atoms with Crippen LogP contribution in [-0.2, 0) is 9.47 Å². The molecule has 0 saturated carbocycles. The van der Waals surface area contributed by atoms with E-state index in [0.717, 1.165) is 10.0 Å². The molecule has 1 aliphatic rings. The van der Waals surface area contributed by atoms with Crippen molar-refractivity contribution in [3.05, 3.63) is 33.3 Å². The monoisotopic (exact) mass is 262 g/mol. The van der Waals surface area contributed by atoms with Crippen molar-refractivity contribution in [2.45, 2.75) is 6.29 Å². The summed E-state index contributed by atoms with van der Waals surface area (Å²) in [6.45, 7) is 1.31. The van der Waals surface area contributed by atoms with Crippen LogP contribution in [0, 0.1) is 0 Å². The molecule has 0 amide bonds. The van der Waals surface area contributed by atoms with Crippen LogP contribution in [0.4, 0.5) is 0 Å². The summed E-state index contributed by atoms with van der Waals surface area (Å²) in [5, 5.41) is 0.702. The Labute approximate surface area is 89.9 Å². The zero-order chi connectivity index (χ0) is 9.26. The van der Waals surface area contributed by atoms with Crippen LogP contribution < -0.4 is 0 Å². The van der Waals surface area contributed by atoms with Crippen LogP contribution in [0.3, 0.4) is 0 Å². The molecule has 2 rings (SSSR count). The number of rotatable bonds is 1. The molecule has 70 valence electrons. The highest BCUT2D eigenvalue weighted by Crippen LogP contribution is 2.31. The number of ether oxygens (including phenoxy) is 2. The van der Waals surface area contributed by atoms with Gasteiger partial charge in [-0.2, -0.15) is 0 Å². The van der Waals surface area contributed by atoms with Gasteiger partial charge in [0, 0.05) is 15.1 Å². The largest absolute Gasteiger partial charge is 0.346 e. The molecule has 1 heterocycles. The Hall–Kier alpha value is -0.0900. The topological polar surface area (TPSA) is 18.5 Å². The second-order valence-electron chi connectivity index (χ2n) is 2.74. The van der Waals surface area contributed by atoms with Crippen molar-refractivity contribution in [1.82, 2.24) is 0 Å². The second-order valence-corrected chi connectivity index (χ2v) is 4.03. The molecule has 0 radical (unpaired) electrons. The van der Waals surface area contributed by atoms with E-state index in [-0.39, 0.29) is 6.29 Å². The molecule has 1 aromatic rings. The van der Waals surface area contributed by atoms with E-state index in [2.05, 4.69) is 15.9 Å². The number of halogens is 2. The van der Waals surface area contributed by atoms with E-state index in [1.165, 1.54) is 0 Å². The standard InChI is InChI=1S/C9H8BrClO2/c10-8-5-6(11)1-2-7(8)9-12-3-4-13-9/h1-2,5,9H,3-4H2. The Morgan fingerprint density at radius 2 is 2.00 bits per heavy atom. The van der Waals surface area contributed by atoms with E-state index < -0.39 is 0 Å². The zero-order valence-electron chi connectivity index (χ0n) is 6.80. The molecular weight excluding hydrogens is 255 g/mol. The Morgan fingerprint density at radius 3 is 2.62 bits per heavy atom. The maximum Gasteiger partial charge on any atom is 0.185 e. The van der Waals surface area contributed by atoms with Crippen molar-refractivity contribution in [2.75, 3.05) is 13.2 Å². The average Bonchev–Trinajstić information content (AvgIpc) is 2.56. The highest BCUT2D eigenvalue weighted by molar-refractivity contribution is 9.10. The summed E-state index contributed by atoms with van der Waals surface area (Å²) in [4.78, 5) is 0. The van der Waals surface area contributed by atoms with Gasteiger partial charge in [-0.05, 0) is 12.1 Å². The molecule has 0 atom stereocenters. The zero-order valence-corrected chi connectivity index (χ0v) is 9.14. The first-order valence-electron chi connectivity index (χ1n) is 3.95. The minimum atomic E-state index is -0.244. The van der Waals surface area contributed by atoms with Crippen LogP contribution in [0.25, 0.3) is 0 Å². The van der Waals surface area contributed by atoms with Gasteiger partial charge in [-0.3, -0.25) is 0 Å². The van der Waals surface area contributed by atoms with Crippen molar-refractivity contribution in [2.24, 2.45) is 0 Å². The quantitative estimate of drug-likeness (QED) is 0.775. The molecule has 0 unspecified atom stereocenters. The molecule has 2 nitrogen and oxygen atoms in total. The Bertz CT molecular complexity index is 310. The maximum atomic E-state index is 5.81. The fourth-order valence-electron chi connectivity index (χ4n) is 1.23. The highest BCUT2D eigenvalue weighted by Gasteiger charge is 2.20. The number of hydrogen-bond acceptors (Lipinski definition) is 2. The van der Waals surface area contributed by atoms with Gasteiger partial charge in [0.25, 0.3) is 0 Å². The first-order valence-corrected chi connectivity index (χ1v) is 5.12. The van der Waals surface area contributed by atoms with Gasteiger partial charge in [-0.1, -0.05) is 33.6 Å². The van der Waals surface area contributed by atoms with E-state index >= 15 is 0 Å². The molecule has 1 saturated heterocycles. The van der Waals surface area contributed by atoms with Crippen LogP contribution in [0.1, 0.15) is 11.9 Å². The molecule has 1 fully saturated rings. The summed E-state index contributed by atoms with van der Waals surface area (Å²) >= 11 is 9.22. The molecule has 0 spiro atoms. The molecule has 13 heavy (non-hydrogen) atoms. The summed E-state index contributed by atoms with van der Waals surface area (Å²) in [6.07, 6.45) is -0.244. The summed E-state index contributed by atoms with van der Waals surface area (Å²) in [7, 11) is 0. The van der Waals surface area contributed by atoms with Gasteiger partial charge in [0.2, 0.25) is 0 Å². The van der Waals surface area contributed by atoms with Gasteiger partial charge in [-0.25, -0.2) is 0 Å². The molecular formula is C9H8BrClO2.